The molecule has 8 aliphatic rings. The molecule has 6 saturated carbocycles. The number of aromatic hydroxyl groups is 1. The molecule has 0 radical (unpaired) electrons. The van der Waals surface area contributed by atoms with Crippen LogP contribution in [0.3, 0.4) is 0 Å². The van der Waals surface area contributed by atoms with E-state index in [1.54, 1.807) is 0 Å². The van der Waals surface area contributed by atoms with Gasteiger partial charge in [-0.25, -0.2) is 0 Å². The highest BCUT2D eigenvalue weighted by atomic mass is 16.6. The third kappa shape index (κ3) is 8.29. The fraction of sp³-hybridized carbons (Fsp3) is 0.738. The van der Waals surface area contributed by atoms with Gasteiger partial charge in [0.25, 0.3) is 0 Å². The summed E-state index contributed by atoms with van der Waals surface area (Å²) in [6.07, 6.45) is 18.0. The van der Waals surface area contributed by atoms with Gasteiger partial charge in [-0.3, -0.25) is 9.59 Å². The topological polar surface area (TPSA) is 157 Å². The largest absolute Gasteiger partial charge is 0.508 e. The minimum atomic E-state index is -0.686. The highest BCUT2D eigenvalue weighted by molar-refractivity contribution is 6.01. The first-order valence-corrected chi connectivity index (χ1v) is 28.3. The minimum absolute atomic E-state index is 0.0116. The Hall–Kier alpha value is -3.08. The van der Waals surface area contributed by atoms with Crippen molar-refractivity contribution in [2.45, 2.75) is 212 Å². The van der Waals surface area contributed by atoms with Crippen molar-refractivity contribution in [3.05, 3.63) is 70.3 Å². The van der Waals surface area contributed by atoms with Crippen molar-refractivity contribution in [3.8, 4) is 5.75 Å². The summed E-state index contributed by atoms with van der Waals surface area (Å²) in [7, 11) is 1.92. The van der Waals surface area contributed by atoms with E-state index in [1.807, 2.05) is 32.2 Å². The van der Waals surface area contributed by atoms with Crippen molar-refractivity contribution in [2.24, 2.45) is 57.2 Å². The number of nitrogen functional groups attached to an aromatic ring is 1. The van der Waals surface area contributed by atoms with Crippen LogP contribution in [0.4, 0.5) is 5.69 Å². The maximum atomic E-state index is 15.5. The van der Waals surface area contributed by atoms with E-state index in [2.05, 4.69) is 69.5 Å². The summed E-state index contributed by atoms with van der Waals surface area (Å²) >= 11 is 0. The fourth-order valence-electron chi connectivity index (χ4n) is 18.9. The zero-order valence-corrected chi connectivity index (χ0v) is 44.0. The maximum absolute atomic E-state index is 15.5. The summed E-state index contributed by atoms with van der Waals surface area (Å²) in [5.74, 6) is 2.13. The number of phenolic OH excluding ortho intramolecular Hbond substituents is 1. The molecule has 1 aliphatic heterocycles. The standard InChI is InChI=1S/C61H89N3O6/c1-36(65)34-64-49-32-59(5)52(61(41-19-12-9-13-20-41)31-46(55(69)57(2,3)54(49)61)40-26-37(35-63-7)27-43(66)29-40)25-24-48-53(51(68)33-58(48,59)4)45(38-16-10-8-11-17-38)30-50(67)56-60(6,70-56)47-23-15-22-44(47)39-18-14-21-42(62)28-39/h14,18,21,26-29,36,38,41,44-47,49-50,52,54,56,63-67H,8-13,15-17,19-20,22-25,30-35,62H2,1-7H3/t36-,44-,45-,46+,47+,49+,50+,52-,54-,56+,58-,59-,60+,61+/m0/s1. The molecule has 14 atom stereocenters. The Morgan fingerprint density at radius 1 is 0.843 bits per heavy atom. The number of aliphatic hydroxyl groups is 2. The van der Waals surface area contributed by atoms with Crippen LogP contribution in [0.1, 0.15) is 192 Å². The van der Waals surface area contributed by atoms with Gasteiger partial charge in [-0.15, -0.1) is 0 Å². The number of allylic oxidation sites excluding steroid dienone is 2. The van der Waals surface area contributed by atoms with E-state index in [9.17, 15) is 15.3 Å². The SMILES string of the molecule is CNCc1cc(O)cc([C@H]2C[C@@]3(C4CCCCC4)[C@H]4CCC5=C([C@@H](C[C@@H](O)[C@H]6O[C@]6(C)[C@@H]6CCC[C@H]6c6cccc(N)c6)C6CCCCC6)C(=O)C[C@]5(C)[C@@]4(C)C[C@@H](NC[C@H](C)O)[C@H]3C(C)(C)C2=O)c1. The minimum Gasteiger partial charge on any atom is -0.508 e. The molecular weight excluding hydrogens is 871 g/mol. The van der Waals surface area contributed by atoms with Crippen LogP contribution in [0, 0.1) is 57.2 Å². The summed E-state index contributed by atoms with van der Waals surface area (Å²) < 4.78 is 6.74. The van der Waals surface area contributed by atoms with Crippen molar-refractivity contribution in [1.29, 1.82) is 0 Å². The monoisotopic (exact) mass is 960 g/mol. The van der Waals surface area contributed by atoms with Crippen molar-refractivity contribution >= 4 is 17.3 Å². The summed E-state index contributed by atoms with van der Waals surface area (Å²) in [4.78, 5) is 31.0. The van der Waals surface area contributed by atoms with Crippen molar-refractivity contribution in [2.75, 3.05) is 19.3 Å². The van der Waals surface area contributed by atoms with Gasteiger partial charge in [-0.2, -0.15) is 0 Å². The number of ketones is 2. The number of nitrogens with two attached hydrogens (primary N) is 1. The molecule has 1 saturated heterocycles. The van der Waals surface area contributed by atoms with Crippen molar-refractivity contribution in [1.82, 2.24) is 10.6 Å². The Morgan fingerprint density at radius 2 is 1.57 bits per heavy atom. The van der Waals surface area contributed by atoms with Gasteiger partial charge in [0.1, 0.15) is 17.6 Å². The molecule has 0 bridgehead atoms. The number of benzene rings is 2. The molecule has 9 heteroatoms. The van der Waals surface area contributed by atoms with Gasteiger partial charge in [0, 0.05) is 48.0 Å². The second kappa shape index (κ2) is 19.0. The molecule has 0 amide bonds. The van der Waals surface area contributed by atoms with E-state index >= 15 is 9.59 Å². The van der Waals surface area contributed by atoms with E-state index in [1.165, 1.54) is 49.7 Å². The highest BCUT2D eigenvalue weighted by Gasteiger charge is 2.74. The first-order chi connectivity index (χ1) is 33.4. The highest BCUT2D eigenvalue weighted by Crippen LogP contribution is 2.77. The molecule has 0 spiro atoms. The number of epoxide rings is 1. The number of rotatable bonds is 14. The first-order valence-electron chi connectivity index (χ1n) is 28.3. The van der Waals surface area contributed by atoms with Crippen LogP contribution in [-0.2, 0) is 20.9 Å². The van der Waals surface area contributed by atoms with Crippen LogP contribution >= 0.6 is 0 Å². The normalized spacial score (nSPS) is 39.0. The Bertz CT molecular complexity index is 2310. The van der Waals surface area contributed by atoms with E-state index in [4.69, 9.17) is 10.5 Å². The molecule has 2 aromatic rings. The first kappa shape index (κ1) is 50.5. The number of carbonyl (C=O) groups is 2. The molecule has 7 aliphatic carbocycles. The van der Waals surface area contributed by atoms with Crippen molar-refractivity contribution < 1.29 is 29.6 Å². The van der Waals surface area contributed by atoms with Gasteiger partial charge in [-0.05, 0) is 190 Å². The predicted octanol–water partition coefficient (Wildman–Crippen LogP) is 11.1. The number of nitrogens with one attached hydrogen (secondary N) is 2. The summed E-state index contributed by atoms with van der Waals surface area (Å²) in [5.41, 5.74) is 10.7. The molecule has 10 rings (SSSR count). The van der Waals surface area contributed by atoms with Gasteiger partial charge >= 0.3 is 0 Å². The number of hydrogen-bond donors (Lipinski definition) is 6. The number of Topliss-reactive ketones (excluding diaryl/α,β-unsaturated/α-hetero) is 2. The lowest BCUT2D eigenvalue weighted by molar-refractivity contribution is -0.222. The number of anilines is 1. The molecule has 2 aromatic carbocycles. The van der Waals surface area contributed by atoms with Crippen LogP contribution in [0.25, 0.3) is 0 Å². The number of ether oxygens (including phenoxy) is 1. The van der Waals surface area contributed by atoms with Crippen LogP contribution in [-0.4, -0.2) is 70.4 Å². The molecule has 0 aromatic heterocycles. The molecule has 1 heterocycles. The Labute approximate surface area is 420 Å². The molecular formula is C61H89N3O6. The molecule has 70 heavy (non-hydrogen) atoms. The Kier molecular flexibility index (Phi) is 13.7. The van der Waals surface area contributed by atoms with E-state index < -0.39 is 28.6 Å². The average molecular weight is 960 g/mol. The zero-order chi connectivity index (χ0) is 49.5. The zero-order valence-electron chi connectivity index (χ0n) is 44.0. The van der Waals surface area contributed by atoms with E-state index in [-0.39, 0.29) is 58.2 Å². The smallest absolute Gasteiger partial charge is 0.160 e. The van der Waals surface area contributed by atoms with Gasteiger partial charge < -0.3 is 36.4 Å². The molecule has 9 nitrogen and oxygen atoms in total. The molecule has 7 fully saturated rings. The lowest BCUT2D eigenvalue weighted by Crippen LogP contribution is -2.72. The number of carbonyl (C=O) groups excluding carboxylic acids is 2. The fourth-order valence-corrected chi connectivity index (χ4v) is 18.9. The number of aliphatic hydroxyl groups excluding tert-OH is 2. The number of hydrogen-bond acceptors (Lipinski definition) is 9. The second-order valence-electron chi connectivity index (χ2n) is 26.0. The number of fused-ring (bicyclic) bond motifs is 5. The second-order valence-corrected chi connectivity index (χ2v) is 26.0. The molecule has 7 N–H and O–H groups in total. The van der Waals surface area contributed by atoms with Gasteiger partial charge in [-0.1, -0.05) is 96.4 Å². The summed E-state index contributed by atoms with van der Waals surface area (Å²) in [5, 5.41) is 42.0. The Morgan fingerprint density at radius 3 is 2.27 bits per heavy atom. The van der Waals surface area contributed by atoms with E-state index in [0.717, 1.165) is 93.0 Å². The molecule has 0 unspecified atom stereocenters. The van der Waals surface area contributed by atoms with Gasteiger partial charge in [0.15, 0.2) is 5.78 Å². The molecule has 384 valence electrons. The predicted molar refractivity (Wildman–Crippen MR) is 278 cm³/mol. The lowest BCUT2D eigenvalue weighted by Gasteiger charge is -2.73. The van der Waals surface area contributed by atoms with Gasteiger partial charge in [0.05, 0.1) is 17.8 Å². The van der Waals surface area contributed by atoms with Crippen LogP contribution in [0.5, 0.6) is 5.75 Å². The maximum Gasteiger partial charge on any atom is 0.160 e. The van der Waals surface area contributed by atoms with Crippen LogP contribution in [0.15, 0.2) is 53.6 Å². The van der Waals surface area contributed by atoms with Crippen molar-refractivity contribution in [3.63, 3.8) is 0 Å². The lowest BCUT2D eigenvalue weighted by atomic mass is 9.31. The third-order valence-corrected chi connectivity index (χ3v) is 21.8. The van der Waals surface area contributed by atoms with Crippen LogP contribution < -0.4 is 16.4 Å². The quantitative estimate of drug-likeness (QED) is 0.0801. The summed E-state index contributed by atoms with van der Waals surface area (Å²) in [6.45, 7) is 14.6. The average Bonchev–Trinajstić information content (AvgIpc) is 3.62. The van der Waals surface area contributed by atoms with Crippen LogP contribution in [0.2, 0.25) is 0 Å². The third-order valence-electron chi connectivity index (χ3n) is 21.8. The number of phenols is 1. The van der Waals surface area contributed by atoms with Gasteiger partial charge in [0.2, 0.25) is 0 Å². The summed E-state index contributed by atoms with van der Waals surface area (Å²) in [6, 6.07) is 14.2. The van der Waals surface area contributed by atoms with E-state index in [0.29, 0.717) is 55.4 Å². The Balaban J connectivity index is 1.05.